The van der Waals surface area contributed by atoms with Gasteiger partial charge in [-0.25, -0.2) is 18.3 Å². The van der Waals surface area contributed by atoms with E-state index in [1.165, 1.54) is 16.9 Å². The van der Waals surface area contributed by atoms with E-state index in [4.69, 9.17) is 0 Å². The first-order valence-corrected chi connectivity index (χ1v) is 10.7. The third kappa shape index (κ3) is 3.77. The summed E-state index contributed by atoms with van der Waals surface area (Å²) in [6.07, 6.45) is 1.64. The van der Waals surface area contributed by atoms with Crippen LogP contribution >= 0.6 is 0 Å². The largest absolute Gasteiger partial charge is 0.338 e. The van der Waals surface area contributed by atoms with E-state index in [0.717, 1.165) is 30.7 Å². The van der Waals surface area contributed by atoms with Gasteiger partial charge in [0.05, 0.1) is 5.69 Å². The van der Waals surface area contributed by atoms with E-state index < -0.39 is 6.43 Å². The van der Waals surface area contributed by atoms with E-state index in [9.17, 15) is 13.6 Å². The topological polar surface area (TPSA) is 76.3 Å². The second-order valence-corrected chi connectivity index (χ2v) is 8.70. The van der Waals surface area contributed by atoms with Gasteiger partial charge in [-0.15, -0.1) is 0 Å². The molecule has 3 aromatic heterocycles. The number of likely N-dealkylation sites (tertiary alicyclic amines) is 1. The van der Waals surface area contributed by atoms with Gasteiger partial charge in [-0.05, 0) is 50.3 Å². The minimum atomic E-state index is -2.70. The highest BCUT2D eigenvalue weighted by Gasteiger charge is 2.34. The molecule has 1 saturated heterocycles. The minimum Gasteiger partial charge on any atom is -0.338 e. The van der Waals surface area contributed by atoms with Crippen molar-refractivity contribution < 1.29 is 13.6 Å². The third-order valence-electron chi connectivity index (χ3n) is 6.36. The number of halogens is 2. The Morgan fingerprint density at radius 2 is 1.97 bits per heavy atom. The molecule has 2 atom stereocenters. The van der Waals surface area contributed by atoms with E-state index >= 15 is 0 Å². The molecule has 2 fully saturated rings. The number of amides is 1. The Hall–Kier alpha value is -2.97. The van der Waals surface area contributed by atoms with Crippen LogP contribution < -0.4 is 0 Å². The van der Waals surface area contributed by atoms with Crippen LogP contribution in [0, 0.1) is 12.8 Å². The van der Waals surface area contributed by atoms with Crippen molar-refractivity contribution >= 4 is 11.7 Å². The van der Waals surface area contributed by atoms with Crippen molar-refractivity contribution in [2.75, 3.05) is 13.1 Å². The lowest BCUT2D eigenvalue weighted by atomic mass is 9.84. The van der Waals surface area contributed by atoms with Crippen LogP contribution in [0.5, 0.6) is 0 Å². The molecule has 0 spiro atoms. The summed E-state index contributed by atoms with van der Waals surface area (Å²) in [5, 5.41) is 4.19. The summed E-state index contributed by atoms with van der Waals surface area (Å²) in [6.45, 7) is 5.05. The standard InChI is InChI=1S/C22H24F2N6O/c1-12-5-6-29(21(31)15-7-13(2)27-17(8-15)14-3-4-14)10-16(12)19-9-18(20(23)24)28-22-25-11-26-30(19)22/h7-9,11-12,14,16,20H,3-6,10H2,1-2H3/t12-,16-/m1/s1. The molecule has 4 heterocycles. The fourth-order valence-corrected chi connectivity index (χ4v) is 4.46. The van der Waals surface area contributed by atoms with Gasteiger partial charge in [0.15, 0.2) is 0 Å². The highest BCUT2D eigenvalue weighted by atomic mass is 19.3. The number of hydrogen-bond acceptors (Lipinski definition) is 5. The SMILES string of the molecule is Cc1cc(C(=O)N2CC[C@@H](C)[C@H](c3cc(C(F)F)nc4ncnn34)C2)cc(C2CC2)n1. The first-order chi connectivity index (χ1) is 14.9. The fraction of sp³-hybridized carbons (Fsp3) is 0.500. The molecular formula is C22H24F2N6O. The van der Waals surface area contributed by atoms with Gasteiger partial charge in [0.25, 0.3) is 18.1 Å². The van der Waals surface area contributed by atoms with Gasteiger partial charge < -0.3 is 4.90 Å². The third-order valence-corrected chi connectivity index (χ3v) is 6.36. The summed E-state index contributed by atoms with van der Waals surface area (Å²) >= 11 is 0. The number of aryl methyl sites for hydroxylation is 1. The molecule has 1 aliphatic carbocycles. The summed E-state index contributed by atoms with van der Waals surface area (Å²) < 4.78 is 28.4. The number of nitrogens with zero attached hydrogens (tertiary/aromatic N) is 6. The van der Waals surface area contributed by atoms with Crippen LogP contribution in [-0.2, 0) is 0 Å². The van der Waals surface area contributed by atoms with Gasteiger partial charge in [0.1, 0.15) is 12.0 Å². The van der Waals surface area contributed by atoms with Crippen LogP contribution in [0.25, 0.3) is 5.78 Å². The molecule has 0 bridgehead atoms. The van der Waals surface area contributed by atoms with Gasteiger partial charge >= 0.3 is 0 Å². The lowest BCUT2D eigenvalue weighted by molar-refractivity contribution is 0.0665. The molecule has 7 nitrogen and oxygen atoms in total. The normalized spacial score (nSPS) is 21.8. The van der Waals surface area contributed by atoms with Crippen LogP contribution in [0.1, 0.15) is 77.6 Å². The van der Waals surface area contributed by atoms with Gasteiger partial charge in [-0.1, -0.05) is 6.92 Å². The summed E-state index contributed by atoms with van der Waals surface area (Å²) in [5.41, 5.74) is 2.79. The van der Waals surface area contributed by atoms with Gasteiger partial charge in [-0.2, -0.15) is 10.1 Å². The number of aromatic nitrogens is 5. The van der Waals surface area contributed by atoms with Crippen molar-refractivity contribution in [3.8, 4) is 0 Å². The minimum absolute atomic E-state index is 0.0396. The number of piperidine rings is 1. The van der Waals surface area contributed by atoms with Gasteiger partial charge in [0, 0.05) is 41.9 Å². The Bertz CT molecular complexity index is 1140. The Morgan fingerprint density at radius 1 is 1.16 bits per heavy atom. The summed E-state index contributed by atoms with van der Waals surface area (Å²) in [6, 6.07) is 5.15. The van der Waals surface area contributed by atoms with Crippen LogP contribution in [0.15, 0.2) is 24.5 Å². The number of carbonyl (C=O) groups is 1. The lowest BCUT2D eigenvalue weighted by Crippen LogP contribution is -2.42. The predicted octanol–water partition coefficient (Wildman–Crippen LogP) is 3.91. The predicted molar refractivity (Wildman–Crippen MR) is 109 cm³/mol. The maximum absolute atomic E-state index is 13.4. The first-order valence-electron chi connectivity index (χ1n) is 10.7. The average molecular weight is 426 g/mol. The zero-order valence-corrected chi connectivity index (χ0v) is 17.5. The maximum atomic E-state index is 13.4. The summed E-state index contributed by atoms with van der Waals surface area (Å²) in [5.74, 6) is 0.633. The number of pyridine rings is 1. The van der Waals surface area contributed by atoms with Crippen molar-refractivity contribution in [3.05, 3.63) is 52.9 Å². The Kier molecular flexibility index (Phi) is 4.91. The van der Waals surface area contributed by atoms with E-state index in [-0.39, 0.29) is 29.2 Å². The molecule has 2 aliphatic rings. The Balaban J connectivity index is 1.47. The second kappa shape index (κ2) is 7.62. The molecule has 1 amide bonds. The van der Waals surface area contributed by atoms with E-state index in [1.807, 2.05) is 24.0 Å². The lowest BCUT2D eigenvalue weighted by Gasteiger charge is -2.37. The second-order valence-electron chi connectivity index (χ2n) is 8.70. The van der Waals surface area contributed by atoms with Crippen molar-refractivity contribution in [2.24, 2.45) is 5.92 Å². The van der Waals surface area contributed by atoms with E-state index in [1.54, 1.807) is 0 Å². The fourth-order valence-electron chi connectivity index (χ4n) is 4.46. The maximum Gasteiger partial charge on any atom is 0.280 e. The average Bonchev–Trinajstić information content (AvgIpc) is 3.49. The summed E-state index contributed by atoms with van der Waals surface area (Å²) in [4.78, 5) is 27.7. The van der Waals surface area contributed by atoms with Crippen LogP contribution in [0.2, 0.25) is 0 Å². The van der Waals surface area contributed by atoms with Crippen molar-refractivity contribution in [3.63, 3.8) is 0 Å². The molecular weight excluding hydrogens is 402 g/mol. The highest BCUT2D eigenvalue weighted by Crippen LogP contribution is 2.40. The molecule has 0 radical (unpaired) electrons. The molecule has 162 valence electrons. The number of hydrogen-bond donors (Lipinski definition) is 0. The molecule has 5 rings (SSSR count). The molecule has 0 N–H and O–H groups in total. The van der Waals surface area contributed by atoms with Crippen LogP contribution in [0.4, 0.5) is 8.78 Å². The first kappa shape index (κ1) is 20.0. The molecule has 0 unspecified atom stereocenters. The quantitative estimate of drug-likeness (QED) is 0.632. The Labute approximate surface area is 178 Å². The smallest absolute Gasteiger partial charge is 0.280 e. The number of alkyl halides is 2. The monoisotopic (exact) mass is 426 g/mol. The molecule has 1 aliphatic heterocycles. The molecule has 0 aromatic carbocycles. The summed E-state index contributed by atoms with van der Waals surface area (Å²) in [7, 11) is 0. The highest BCUT2D eigenvalue weighted by molar-refractivity contribution is 5.94. The zero-order valence-electron chi connectivity index (χ0n) is 17.5. The number of rotatable bonds is 4. The van der Waals surface area contributed by atoms with Crippen molar-refractivity contribution in [1.29, 1.82) is 0 Å². The van der Waals surface area contributed by atoms with E-state index in [0.29, 0.717) is 30.3 Å². The van der Waals surface area contributed by atoms with E-state index in [2.05, 4.69) is 27.0 Å². The number of fused-ring (bicyclic) bond motifs is 1. The Morgan fingerprint density at radius 3 is 2.71 bits per heavy atom. The van der Waals surface area contributed by atoms with Crippen molar-refractivity contribution in [1.82, 2.24) is 29.5 Å². The molecule has 3 aromatic rings. The van der Waals surface area contributed by atoms with Crippen molar-refractivity contribution in [2.45, 2.75) is 51.4 Å². The molecule has 9 heteroatoms. The van der Waals surface area contributed by atoms with Crippen LogP contribution in [0.3, 0.4) is 0 Å². The van der Waals surface area contributed by atoms with Crippen LogP contribution in [-0.4, -0.2) is 48.5 Å². The van der Waals surface area contributed by atoms with Gasteiger partial charge in [-0.3, -0.25) is 9.78 Å². The number of carbonyl (C=O) groups excluding carboxylic acids is 1. The van der Waals surface area contributed by atoms with Gasteiger partial charge in [0.2, 0.25) is 0 Å². The molecule has 31 heavy (non-hydrogen) atoms. The zero-order chi connectivity index (χ0) is 21.7. The molecule has 1 saturated carbocycles.